The summed E-state index contributed by atoms with van der Waals surface area (Å²) < 4.78 is 7.01. The van der Waals surface area contributed by atoms with Crippen molar-refractivity contribution in [1.82, 2.24) is 15.1 Å². The minimum absolute atomic E-state index is 0.0371. The summed E-state index contributed by atoms with van der Waals surface area (Å²) in [5, 5.41) is 7.50. The van der Waals surface area contributed by atoms with E-state index in [0.717, 1.165) is 35.4 Å². The molecule has 1 aliphatic rings. The van der Waals surface area contributed by atoms with Crippen LogP contribution in [-0.4, -0.2) is 22.8 Å². The lowest BCUT2D eigenvalue weighted by Crippen LogP contribution is -2.28. The number of nitrogens with one attached hydrogen (secondary N) is 1. The SMILES string of the molecule is COc1ccc(C(NC(=O)/C=C/c2cnn(-c3ccccc3)c2)C2CC2)cc1. The van der Waals surface area contributed by atoms with Gasteiger partial charge in [-0.15, -0.1) is 0 Å². The topological polar surface area (TPSA) is 56.1 Å². The Balaban J connectivity index is 1.42. The molecule has 28 heavy (non-hydrogen) atoms. The predicted molar refractivity (Wildman–Crippen MR) is 109 cm³/mol. The fourth-order valence-corrected chi connectivity index (χ4v) is 3.23. The van der Waals surface area contributed by atoms with Crippen molar-refractivity contribution in [2.24, 2.45) is 5.92 Å². The van der Waals surface area contributed by atoms with Gasteiger partial charge in [0.2, 0.25) is 5.91 Å². The number of aromatic nitrogens is 2. The highest BCUT2D eigenvalue weighted by molar-refractivity contribution is 5.92. The van der Waals surface area contributed by atoms with Crippen LogP contribution in [-0.2, 0) is 4.79 Å². The molecule has 1 amide bonds. The molecule has 0 radical (unpaired) electrons. The Morgan fingerprint density at radius 1 is 1.18 bits per heavy atom. The maximum Gasteiger partial charge on any atom is 0.244 e. The van der Waals surface area contributed by atoms with Gasteiger partial charge in [0, 0.05) is 17.8 Å². The molecular weight excluding hydrogens is 350 g/mol. The van der Waals surface area contributed by atoms with E-state index in [-0.39, 0.29) is 11.9 Å². The van der Waals surface area contributed by atoms with Crippen molar-refractivity contribution < 1.29 is 9.53 Å². The third kappa shape index (κ3) is 4.31. The lowest BCUT2D eigenvalue weighted by Gasteiger charge is -2.18. The predicted octanol–water partition coefficient (Wildman–Crippen LogP) is 4.16. The molecular formula is C23H23N3O2. The molecule has 3 aromatic rings. The Kier molecular flexibility index (Phi) is 5.24. The van der Waals surface area contributed by atoms with Crippen LogP contribution in [0.4, 0.5) is 0 Å². The molecule has 1 saturated carbocycles. The second-order valence-electron chi connectivity index (χ2n) is 6.98. The lowest BCUT2D eigenvalue weighted by molar-refractivity contribution is -0.117. The standard InChI is InChI=1S/C23H23N3O2/c1-28-21-12-10-19(11-13-21)23(18-8-9-18)25-22(27)14-7-17-15-24-26(16-17)20-5-3-2-4-6-20/h2-7,10-16,18,23H,8-9H2,1H3,(H,25,27)/b14-7+. The van der Waals surface area contributed by atoms with E-state index in [0.29, 0.717) is 5.92 Å². The normalized spacial score (nSPS) is 14.8. The van der Waals surface area contributed by atoms with Crippen molar-refractivity contribution in [3.63, 3.8) is 0 Å². The van der Waals surface area contributed by atoms with Crippen LogP contribution in [0, 0.1) is 5.92 Å². The summed E-state index contributed by atoms with van der Waals surface area (Å²) in [4.78, 5) is 12.5. The van der Waals surface area contributed by atoms with Gasteiger partial charge in [0.05, 0.1) is 25.0 Å². The molecule has 4 rings (SSSR count). The molecule has 0 aliphatic heterocycles. The summed E-state index contributed by atoms with van der Waals surface area (Å²) in [6, 6.07) is 17.8. The maximum atomic E-state index is 12.5. The Hall–Kier alpha value is -3.34. The highest BCUT2D eigenvalue weighted by Gasteiger charge is 2.33. The minimum Gasteiger partial charge on any atom is -0.497 e. The molecule has 0 spiro atoms. The summed E-state index contributed by atoms with van der Waals surface area (Å²) in [6.07, 6.45) is 9.31. The molecule has 5 nitrogen and oxygen atoms in total. The summed E-state index contributed by atoms with van der Waals surface area (Å²) in [7, 11) is 1.65. The third-order valence-corrected chi connectivity index (χ3v) is 4.92. The number of carbonyl (C=O) groups is 1. The number of hydrogen-bond donors (Lipinski definition) is 1. The van der Waals surface area contributed by atoms with E-state index in [4.69, 9.17) is 4.74 Å². The fraction of sp³-hybridized carbons (Fsp3) is 0.217. The average Bonchev–Trinajstić information content (AvgIpc) is 3.48. The molecule has 0 saturated heterocycles. The first-order chi connectivity index (χ1) is 13.7. The van der Waals surface area contributed by atoms with Crippen LogP contribution in [0.15, 0.2) is 73.1 Å². The zero-order valence-electron chi connectivity index (χ0n) is 15.8. The first kappa shape index (κ1) is 18.0. The number of nitrogens with zero attached hydrogens (tertiary/aromatic N) is 2. The Morgan fingerprint density at radius 3 is 2.61 bits per heavy atom. The highest BCUT2D eigenvalue weighted by atomic mass is 16.5. The van der Waals surface area contributed by atoms with Crippen molar-refractivity contribution in [2.45, 2.75) is 18.9 Å². The fourth-order valence-electron chi connectivity index (χ4n) is 3.23. The number of methoxy groups -OCH3 is 1. The van der Waals surface area contributed by atoms with Crippen LogP contribution in [0.1, 0.15) is 30.0 Å². The van der Waals surface area contributed by atoms with Gasteiger partial charge in [-0.1, -0.05) is 30.3 Å². The molecule has 1 unspecified atom stereocenters. The van der Waals surface area contributed by atoms with Gasteiger partial charge in [0.15, 0.2) is 0 Å². The molecule has 1 aromatic heterocycles. The van der Waals surface area contributed by atoms with Gasteiger partial charge < -0.3 is 10.1 Å². The summed E-state index contributed by atoms with van der Waals surface area (Å²) in [5.41, 5.74) is 2.98. The van der Waals surface area contributed by atoms with Crippen LogP contribution >= 0.6 is 0 Å². The van der Waals surface area contributed by atoms with E-state index < -0.39 is 0 Å². The van der Waals surface area contributed by atoms with Gasteiger partial charge in [-0.3, -0.25) is 4.79 Å². The molecule has 1 atom stereocenters. The van der Waals surface area contributed by atoms with E-state index in [1.54, 1.807) is 30.1 Å². The smallest absolute Gasteiger partial charge is 0.244 e. The molecule has 142 valence electrons. The zero-order valence-corrected chi connectivity index (χ0v) is 15.8. The highest BCUT2D eigenvalue weighted by Crippen LogP contribution is 2.41. The van der Waals surface area contributed by atoms with Gasteiger partial charge in [0.25, 0.3) is 0 Å². The largest absolute Gasteiger partial charge is 0.497 e. The van der Waals surface area contributed by atoms with Crippen LogP contribution in [0.3, 0.4) is 0 Å². The molecule has 0 bridgehead atoms. The molecule has 1 fully saturated rings. The van der Waals surface area contributed by atoms with Crippen molar-refractivity contribution in [3.05, 3.63) is 84.2 Å². The summed E-state index contributed by atoms with van der Waals surface area (Å²) in [6.45, 7) is 0. The van der Waals surface area contributed by atoms with E-state index in [9.17, 15) is 4.79 Å². The van der Waals surface area contributed by atoms with Crippen molar-refractivity contribution in [3.8, 4) is 11.4 Å². The number of benzene rings is 2. The van der Waals surface area contributed by atoms with E-state index >= 15 is 0 Å². The number of carbonyl (C=O) groups excluding carboxylic acids is 1. The Morgan fingerprint density at radius 2 is 1.93 bits per heavy atom. The quantitative estimate of drug-likeness (QED) is 0.633. The number of rotatable bonds is 7. The first-order valence-electron chi connectivity index (χ1n) is 9.45. The lowest BCUT2D eigenvalue weighted by atomic mass is 10.0. The van der Waals surface area contributed by atoms with Crippen LogP contribution in [0.5, 0.6) is 5.75 Å². The Bertz CT molecular complexity index is 957. The number of amides is 1. The van der Waals surface area contributed by atoms with E-state index in [2.05, 4.69) is 10.4 Å². The van der Waals surface area contributed by atoms with Crippen molar-refractivity contribution in [2.75, 3.05) is 7.11 Å². The van der Waals surface area contributed by atoms with Crippen LogP contribution in [0.2, 0.25) is 0 Å². The zero-order chi connectivity index (χ0) is 19.3. The summed E-state index contributed by atoms with van der Waals surface area (Å²) in [5.74, 6) is 1.23. The van der Waals surface area contributed by atoms with Crippen LogP contribution in [0.25, 0.3) is 11.8 Å². The van der Waals surface area contributed by atoms with Crippen LogP contribution < -0.4 is 10.1 Å². The van der Waals surface area contributed by atoms with Crippen molar-refractivity contribution >= 4 is 12.0 Å². The van der Waals surface area contributed by atoms with Crippen molar-refractivity contribution in [1.29, 1.82) is 0 Å². The molecule has 1 aliphatic carbocycles. The van der Waals surface area contributed by atoms with Gasteiger partial charge >= 0.3 is 0 Å². The molecule has 2 aromatic carbocycles. The second-order valence-corrected chi connectivity index (χ2v) is 6.98. The second kappa shape index (κ2) is 8.13. The number of hydrogen-bond acceptors (Lipinski definition) is 3. The first-order valence-corrected chi connectivity index (χ1v) is 9.45. The Labute approximate surface area is 164 Å². The van der Waals surface area contributed by atoms with E-state index in [1.165, 1.54) is 0 Å². The number of para-hydroxylation sites is 1. The van der Waals surface area contributed by atoms with Gasteiger partial charge in [-0.05, 0) is 54.7 Å². The number of ether oxygens (including phenoxy) is 1. The van der Waals surface area contributed by atoms with Gasteiger partial charge in [0.1, 0.15) is 5.75 Å². The molecule has 1 N–H and O–H groups in total. The minimum atomic E-state index is -0.0971. The van der Waals surface area contributed by atoms with E-state index in [1.807, 2.05) is 60.8 Å². The molecule has 1 heterocycles. The molecule has 5 heteroatoms. The third-order valence-electron chi connectivity index (χ3n) is 4.92. The van der Waals surface area contributed by atoms with Gasteiger partial charge in [-0.25, -0.2) is 4.68 Å². The monoisotopic (exact) mass is 373 g/mol. The maximum absolute atomic E-state index is 12.5. The average molecular weight is 373 g/mol. The summed E-state index contributed by atoms with van der Waals surface area (Å²) >= 11 is 0. The van der Waals surface area contributed by atoms with Gasteiger partial charge in [-0.2, -0.15) is 5.10 Å².